The molecular weight excluding hydrogens is 292 g/mol. The number of aliphatic carboxylic acids is 1. The molecule has 116 valence electrons. The van der Waals surface area contributed by atoms with Gasteiger partial charge < -0.3 is 15.3 Å². The van der Waals surface area contributed by atoms with Gasteiger partial charge in [0.25, 0.3) is 5.91 Å². The lowest BCUT2D eigenvalue weighted by Gasteiger charge is -2.19. The van der Waals surface area contributed by atoms with Crippen LogP contribution in [0, 0.1) is 0 Å². The molecule has 1 rings (SSSR count). The molecule has 6 nitrogen and oxygen atoms in total. The van der Waals surface area contributed by atoms with E-state index in [4.69, 9.17) is 5.11 Å². The van der Waals surface area contributed by atoms with Crippen LogP contribution in [0.15, 0.2) is 17.5 Å². The van der Waals surface area contributed by atoms with Crippen molar-refractivity contribution in [1.82, 2.24) is 10.2 Å². The van der Waals surface area contributed by atoms with Crippen molar-refractivity contribution in [3.8, 4) is 0 Å². The number of rotatable bonds is 9. The number of carbonyl (C=O) groups excluding carboxylic acids is 2. The number of amides is 2. The van der Waals surface area contributed by atoms with Crippen molar-refractivity contribution >= 4 is 29.1 Å². The molecule has 1 aromatic heterocycles. The lowest BCUT2D eigenvalue weighted by Crippen LogP contribution is -2.33. The van der Waals surface area contributed by atoms with Crippen molar-refractivity contribution in [3.05, 3.63) is 22.4 Å². The van der Waals surface area contributed by atoms with E-state index in [9.17, 15) is 14.4 Å². The van der Waals surface area contributed by atoms with Gasteiger partial charge in [0.1, 0.15) is 0 Å². The second-order valence-electron chi connectivity index (χ2n) is 4.45. The summed E-state index contributed by atoms with van der Waals surface area (Å²) in [4.78, 5) is 36.2. The zero-order valence-electron chi connectivity index (χ0n) is 12.0. The van der Waals surface area contributed by atoms with Crippen molar-refractivity contribution in [3.63, 3.8) is 0 Å². The average molecular weight is 312 g/mol. The first-order valence-electron chi connectivity index (χ1n) is 6.85. The number of carboxylic acid groups (broad SMARTS) is 1. The van der Waals surface area contributed by atoms with Crippen molar-refractivity contribution in [2.75, 3.05) is 19.6 Å². The van der Waals surface area contributed by atoms with Gasteiger partial charge >= 0.3 is 5.97 Å². The number of carboxylic acids is 1. The summed E-state index contributed by atoms with van der Waals surface area (Å²) in [7, 11) is 0. The normalized spacial score (nSPS) is 10.1. The predicted molar refractivity (Wildman–Crippen MR) is 80.4 cm³/mol. The summed E-state index contributed by atoms with van der Waals surface area (Å²) >= 11 is 1.37. The maximum atomic E-state index is 11.9. The minimum atomic E-state index is -0.913. The molecule has 0 spiro atoms. The van der Waals surface area contributed by atoms with E-state index in [1.165, 1.54) is 16.2 Å². The highest BCUT2D eigenvalue weighted by Gasteiger charge is 2.13. The maximum absolute atomic E-state index is 11.9. The second-order valence-corrected chi connectivity index (χ2v) is 5.40. The minimum Gasteiger partial charge on any atom is -0.481 e. The molecule has 0 fully saturated rings. The van der Waals surface area contributed by atoms with Gasteiger partial charge in [0.2, 0.25) is 5.91 Å². The van der Waals surface area contributed by atoms with Crippen LogP contribution in [-0.2, 0) is 9.59 Å². The van der Waals surface area contributed by atoms with Gasteiger partial charge in [-0.25, -0.2) is 0 Å². The van der Waals surface area contributed by atoms with Crippen LogP contribution in [0.5, 0.6) is 0 Å². The number of nitrogens with one attached hydrogen (secondary N) is 1. The van der Waals surface area contributed by atoms with Gasteiger partial charge in [0.15, 0.2) is 0 Å². The van der Waals surface area contributed by atoms with Crippen LogP contribution >= 0.6 is 11.3 Å². The average Bonchev–Trinajstić information content (AvgIpc) is 2.98. The fourth-order valence-corrected chi connectivity index (χ4v) is 2.42. The summed E-state index contributed by atoms with van der Waals surface area (Å²) in [6.07, 6.45) is 0.798. The SMILES string of the molecule is CCN(CCC(=O)O)C(=O)CCCNC(=O)c1cccs1. The molecule has 2 amide bonds. The Bertz CT molecular complexity index is 473. The van der Waals surface area contributed by atoms with Gasteiger partial charge in [-0.15, -0.1) is 11.3 Å². The zero-order valence-corrected chi connectivity index (χ0v) is 12.8. The van der Waals surface area contributed by atoms with Gasteiger partial charge in [-0.05, 0) is 24.8 Å². The van der Waals surface area contributed by atoms with Crippen LogP contribution in [-0.4, -0.2) is 47.4 Å². The summed E-state index contributed by atoms with van der Waals surface area (Å²) in [6, 6.07) is 3.56. The van der Waals surface area contributed by atoms with Crippen molar-refractivity contribution in [1.29, 1.82) is 0 Å². The Morgan fingerprint density at radius 2 is 2.10 bits per heavy atom. The Kier molecular flexibility index (Phi) is 7.45. The Balaban J connectivity index is 2.22. The smallest absolute Gasteiger partial charge is 0.305 e. The van der Waals surface area contributed by atoms with Crippen molar-refractivity contribution < 1.29 is 19.5 Å². The molecule has 0 aliphatic carbocycles. The lowest BCUT2D eigenvalue weighted by molar-refractivity contribution is -0.138. The number of hydrogen-bond donors (Lipinski definition) is 2. The Labute approximate surface area is 127 Å². The summed E-state index contributed by atoms with van der Waals surface area (Å²) in [5.74, 6) is -1.12. The number of hydrogen-bond acceptors (Lipinski definition) is 4. The molecule has 0 radical (unpaired) electrons. The number of nitrogens with zero attached hydrogens (tertiary/aromatic N) is 1. The van der Waals surface area contributed by atoms with Gasteiger partial charge in [-0.2, -0.15) is 0 Å². The van der Waals surface area contributed by atoms with Crippen molar-refractivity contribution in [2.24, 2.45) is 0 Å². The standard InChI is InChI=1S/C14H20N2O4S/c1-2-16(9-7-13(18)19)12(17)6-3-8-15-14(20)11-5-4-10-21-11/h4-5,10H,2-3,6-9H2,1H3,(H,15,20)(H,18,19). The van der Waals surface area contributed by atoms with E-state index in [0.717, 1.165) is 0 Å². The molecule has 21 heavy (non-hydrogen) atoms. The molecule has 0 atom stereocenters. The number of thiophene rings is 1. The van der Waals surface area contributed by atoms with E-state index in [2.05, 4.69) is 5.32 Å². The van der Waals surface area contributed by atoms with Crippen LogP contribution in [0.4, 0.5) is 0 Å². The maximum Gasteiger partial charge on any atom is 0.305 e. The van der Waals surface area contributed by atoms with Gasteiger partial charge in [-0.3, -0.25) is 14.4 Å². The van der Waals surface area contributed by atoms with Crippen LogP contribution in [0.1, 0.15) is 35.9 Å². The first kappa shape index (κ1) is 17.2. The first-order valence-corrected chi connectivity index (χ1v) is 7.73. The molecule has 0 aliphatic heterocycles. The highest BCUT2D eigenvalue weighted by molar-refractivity contribution is 7.12. The fourth-order valence-electron chi connectivity index (χ4n) is 1.78. The molecule has 1 heterocycles. The Hall–Kier alpha value is -1.89. The molecule has 0 bridgehead atoms. The summed E-state index contributed by atoms with van der Waals surface area (Å²) < 4.78 is 0. The quantitative estimate of drug-likeness (QED) is 0.678. The van der Waals surface area contributed by atoms with Gasteiger partial charge in [-0.1, -0.05) is 6.07 Å². The molecular formula is C14H20N2O4S. The fraction of sp³-hybridized carbons (Fsp3) is 0.500. The Morgan fingerprint density at radius 3 is 2.67 bits per heavy atom. The van der Waals surface area contributed by atoms with E-state index in [-0.39, 0.29) is 24.8 Å². The molecule has 2 N–H and O–H groups in total. The van der Waals surface area contributed by atoms with E-state index >= 15 is 0 Å². The molecule has 0 aromatic carbocycles. The largest absolute Gasteiger partial charge is 0.481 e. The van der Waals surface area contributed by atoms with E-state index in [1.807, 2.05) is 18.4 Å². The summed E-state index contributed by atoms with van der Waals surface area (Å²) in [5, 5.41) is 13.2. The first-order chi connectivity index (χ1) is 10.0. The van der Waals surface area contributed by atoms with Gasteiger partial charge in [0.05, 0.1) is 11.3 Å². The van der Waals surface area contributed by atoms with Crippen molar-refractivity contribution in [2.45, 2.75) is 26.2 Å². The lowest BCUT2D eigenvalue weighted by atomic mass is 10.2. The van der Waals surface area contributed by atoms with Crippen LogP contribution in [0.2, 0.25) is 0 Å². The molecule has 0 saturated heterocycles. The van der Waals surface area contributed by atoms with Crippen LogP contribution in [0.3, 0.4) is 0 Å². The van der Waals surface area contributed by atoms with Crippen LogP contribution in [0.25, 0.3) is 0 Å². The molecule has 0 saturated carbocycles. The highest BCUT2D eigenvalue weighted by atomic mass is 32.1. The Morgan fingerprint density at radius 1 is 1.33 bits per heavy atom. The third-order valence-corrected chi connectivity index (χ3v) is 3.80. The molecule has 0 aliphatic rings. The van der Waals surface area contributed by atoms with E-state index < -0.39 is 5.97 Å². The summed E-state index contributed by atoms with van der Waals surface area (Å²) in [6.45, 7) is 2.97. The van der Waals surface area contributed by atoms with E-state index in [0.29, 0.717) is 30.8 Å². The summed E-state index contributed by atoms with van der Waals surface area (Å²) in [5.41, 5.74) is 0. The monoisotopic (exact) mass is 312 g/mol. The van der Waals surface area contributed by atoms with Gasteiger partial charge in [0, 0.05) is 26.1 Å². The van der Waals surface area contributed by atoms with Crippen LogP contribution < -0.4 is 5.32 Å². The molecule has 7 heteroatoms. The zero-order chi connectivity index (χ0) is 15.7. The second kappa shape index (κ2) is 9.12. The minimum absolute atomic E-state index is 0.0469. The highest BCUT2D eigenvalue weighted by Crippen LogP contribution is 2.07. The third kappa shape index (κ3) is 6.40. The third-order valence-electron chi connectivity index (χ3n) is 2.93. The molecule has 1 aromatic rings. The van der Waals surface area contributed by atoms with E-state index in [1.54, 1.807) is 6.07 Å². The predicted octanol–water partition coefficient (Wildman–Crippen LogP) is 1.58. The number of carbonyl (C=O) groups is 3. The molecule has 0 unspecified atom stereocenters. The topological polar surface area (TPSA) is 86.7 Å².